The number of nitrogens with one attached hydrogen (secondary N) is 4. The van der Waals surface area contributed by atoms with E-state index in [1.165, 1.54) is 24.3 Å². The van der Waals surface area contributed by atoms with Gasteiger partial charge >= 0.3 is 6.03 Å². The van der Waals surface area contributed by atoms with Crippen LogP contribution < -0.4 is 21.4 Å². The van der Waals surface area contributed by atoms with Crippen LogP contribution >= 0.6 is 0 Å². The molecule has 10 heteroatoms. The van der Waals surface area contributed by atoms with Gasteiger partial charge in [-0.2, -0.15) is 0 Å². The van der Waals surface area contributed by atoms with Crippen molar-refractivity contribution < 1.29 is 19.6 Å². The number of benzene rings is 2. The van der Waals surface area contributed by atoms with Gasteiger partial charge in [-0.25, -0.2) is 10.3 Å². The zero-order valence-electron chi connectivity index (χ0n) is 16.8. The smallest absolute Gasteiger partial charge is 0.319 e. The molecule has 0 bridgehead atoms. The summed E-state index contributed by atoms with van der Waals surface area (Å²) in [5.41, 5.74) is 2.87. The van der Waals surface area contributed by atoms with Crippen LogP contribution in [0.4, 0.5) is 21.9 Å². The molecule has 0 unspecified atom stereocenters. The van der Waals surface area contributed by atoms with Gasteiger partial charge in [-0.1, -0.05) is 31.0 Å². The summed E-state index contributed by atoms with van der Waals surface area (Å²) in [5, 5.41) is 19.4. The van der Waals surface area contributed by atoms with E-state index in [1.54, 1.807) is 29.7 Å². The Balaban J connectivity index is 1.94. The molecular formula is C21H25N5O5. The van der Waals surface area contributed by atoms with E-state index in [9.17, 15) is 19.3 Å². The number of urea groups is 1. The highest BCUT2D eigenvalue weighted by molar-refractivity contribution is 5.99. The zero-order chi connectivity index (χ0) is 22.5. The Bertz CT molecular complexity index is 873. The van der Waals surface area contributed by atoms with Gasteiger partial charge in [0.1, 0.15) is 11.7 Å². The van der Waals surface area contributed by atoms with Crippen molar-refractivity contribution in [2.24, 2.45) is 5.18 Å². The summed E-state index contributed by atoms with van der Waals surface area (Å²) in [6, 6.07) is 13.5. The summed E-state index contributed by atoms with van der Waals surface area (Å²) >= 11 is 0. The first kappa shape index (κ1) is 23.5. The molecule has 0 aliphatic carbocycles. The van der Waals surface area contributed by atoms with Gasteiger partial charge in [-0.15, -0.1) is 4.91 Å². The molecule has 2 aromatic carbocycles. The monoisotopic (exact) mass is 427 g/mol. The van der Waals surface area contributed by atoms with E-state index in [-0.39, 0.29) is 18.0 Å². The Kier molecular flexibility index (Phi) is 9.63. The van der Waals surface area contributed by atoms with Crippen LogP contribution in [0.15, 0.2) is 59.8 Å². The molecule has 0 heterocycles. The third-order valence-corrected chi connectivity index (χ3v) is 4.42. The van der Waals surface area contributed by atoms with Crippen molar-refractivity contribution in [3.05, 3.63) is 59.5 Å². The molecule has 2 aromatic rings. The molecule has 0 saturated carbocycles. The summed E-state index contributed by atoms with van der Waals surface area (Å²) in [4.78, 5) is 46.6. The number of rotatable bonds is 11. The van der Waals surface area contributed by atoms with Crippen molar-refractivity contribution in [1.82, 2.24) is 10.8 Å². The van der Waals surface area contributed by atoms with Gasteiger partial charge in [0.05, 0.1) is 0 Å². The van der Waals surface area contributed by atoms with Gasteiger partial charge in [0.25, 0.3) is 0 Å². The van der Waals surface area contributed by atoms with Crippen LogP contribution in [-0.4, -0.2) is 29.1 Å². The highest BCUT2D eigenvalue weighted by Crippen LogP contribution is 2.16. The van der Waals surface area contributed by atoms with Crippen molar-refractivity contribution in [3.63, 3.8) is 0 Å². The second-order valence-corrected chi connectivity index (χ2v) is 6.78. The van der Waals surface area contributed by atoms with E-state index < -0.39 is 18.0 Å². The Hall–Kier alpha value is -3.79. The Morgan fingerprint density at radius 3 is 2.19 bits per heavy atom. The van der Waals surface area contributed by atoms with Gasteiger partial charge in [0.2, 0.25) is 11.8 Å². The highest BCUT2D eigenvalue weighted by atomic mass is 16.5. The Morgan fingerprint density at radius 1 is 0.871 bits per heavy atom. The summed E-state index contributed by atoms with van der Waals surface area (Å²) in [7, 11) is 0. The average molecular weight is 427 g/mol. The van der Waals surface area contributed by atoms with Crippen LogP contribution in [0.5, 0.6) is 0 Å². The largest absolute Gasteiger partial charge is 0.326 e. The number of nitroso groups, excluding NO2 is 1. The minimum Gasteiger partial charge on any atom is -0.326 e. The lowest BCUT2D eigenvalue weighted by Gasteiger charge is -2.19. The van der Waals surface area contributed by atoms with Gasteiger partial charge in [0, 0.05) is 17.8 Å². The Labute approximate surface area is 179 Å². The van der Waals surface area contributed by atoms with Crippen LogP contribution in [0.25, 0.3) is 0 Å². The number of amides is 4. The summed E-state index contributed by atoms with van der Waals surface area (Å²) in [6.45, 7) is 0. The second-order valence-electron chi connectivity index (χ2n) is 6.78. The lowest BCUT2D eigenvalue weighted by atomic mass is 10.1. The number of hydrogen-bond acceptors (Lipinski definition) is 6. The maximum Gasteiger partial charge on any atom is 0.319 e. The molecule has 1 atom stereocenters. The molecule has 0 aromatic heterocycles. The van der Waals surface area contributed by atoms with Gasteiger partial charge < -0.3 is 16.0 Å². The highest BCUT2D eigenvalue weighted by Gasteiger charge is 2.21. The maximum atomic E-state index is 12.7. The first-order valence-electron chi connectivity index (χ1n) is 9.81. The molecule has 4 amide bonds. The van der Waals surface area contributed by atoms with Crippen LogP contribution in [0.1, 0.15) is 32.1 Å². The van der Waals surface area contributed by atoms with E-state index in [2.05, 4.69) is 21.1 Å². The quantitative estimate of drug-likeness (QED) is 0.160. The number of anilines is 2. The SMILES string of the molecule is O=Nc1ccc(NC(=O)N[C@@H](CCCCCC(=O)NO)C(=O)Nc2ccccc2)cc1. The van der Waals surface area contributed by atoms with E-state index in [0.29, 0.717) is 37.1 Å². The summed E-state index contributed by atoms with van der Waals surface area (Å²) < 4.78 is 0. The summed E-state index contributed by atoms with van der Waals surface area (Å²) in [5.74, 6) is -0.832. The van der Waals surface area contributed by atoms with Crippen molar-refractivity contribution >= 4 is 34.9 Å². The van der Waals surface area contributed by atoms with Crippen LogP contribution in [0, 0.1) is 4.91 Å². The number of para-hydroxylation sites is 1. The van der Waals surface area contributed by atoms with Gasteiger partial charge in [-0.3, -0.25) is 14.8 Å². The Morgan fingerprint density at radius 2 is 1.55 bits per heavy atom. The number of hydroxylamine groups is 1. The first-order valence-corrected chi connectivity index (χ1v) is 9.81. The molecule has 0 saturated heterocycles. The van der Waals surface area contributed by atoms with E-state index in [4.69, 9.17) is 5.21 Å². The molecule has 0 fully saturated rings. The minimum atomic E-state index is -0.803. The fraction of sp³-hybridized carbons (Fsp3) is 0.286. The van der Waals surface area contributed by atoms with Crippen LogP contribution in [0.3, 0.4) is 0 Å². The summed E-state index contributed by atoms with van der Waals surface area (Å²) in [6.07, 6.45) is 2.32. The number of carbonyl (C=O) groups is 3. The molecule has 0 aliphatic rings. The fourth-order valence-corrected chi connectivity index (χ4v) is 2.82. The fourth-order valence-electron chi connectivity index (χ4n) is 2.82. The van der Waals surface area contributed by atoms with Gasteiger partial charge in [-0.05, 0) is 54.4 Å². The van der Waals surface area contributed by atoms with Crippen molar-refractivity contribution in [2.45, 2.75) is 38.1 Å². The lowest BCUT2D eigenvalue weighted by molar-refractivity contribution is -0.129. The standard InChI is InChI=1S/C21H25N5O5/c27-19(26-31)10-6-2-5-9-18(20(28)22-15-7-3-1-4-8-15)24-21(29)23-16-11-13-17(25-30)14-12-16/h1,3-4,7-8,11-14,18,31H,2,5-6,9-10H2,(H,22,28)(H,26,27)(H2,23,24,29)/t18-/m0/s1. The lowest BCUT2D eigenvalue weighted by Crippen LogP contribution is -2.45. The zero-order valence-corrected chi connectivity index (χ0v) is 16.8. The first-order chi connectivity index (χ1) is 15.0. The molecule has 164 valence electrons. The average Bonchev–Trinajstić information content (AvgIpc) is 2.79. The number of hydrogen-bond donors (Lipinski definition) is 5. The molecule has 2 rings (SSSR count). The third-order valence-electron chi connectivity index (χ3n) is 4.42. The third kappa shape index (κ3) is 8.62. The van der Waals surface area contributed by atoms with E-state index >= 15 is 0 Å². The van der Waals surface area contributed by atoms with Crippen molar-refractivity contribution in [1.29, 1.82) is 0 Å². The van der Waals surface area contributed by atoms with E-state index in [1.807, 2.05) is 6.07 Å². The number of nitrogens with zero attached hydrogens (tertiary/aromatic N) is 1. The molecule has 31 heavy (non-hydrogen) atoms. The second kappa shape index (κ2) is 12.7. The van der Waals surface area contributed by atoms with E-state index in [0.717, 1.165) is 0 Å². The maximum absolute atomic E-state index is 12.7. The topological polar surface area (TPSA) is 149 Å². The van der Waals surface area contributed by atoms with Crippen LogP contribution in [0.2, 0.25) is 0 Å². The molecule has 0 radical (unpaired) electrons. The van der Waals surface area contributed by atoms with Crippen molar-refractivity contribution in [3.8, 4) is 0 Å². The van der Waals surface area contributed by atoms with Gasteiger partial charge in [0.15, 0.2) is 0 Å². The predicted molar refractivity (Wildman–Crippen MR) is 116 cm³/mol. The predicted octanol–water partition coefficient (Wildman–Crippen LogP) is 3.67. The normalized spacial score (nSPS) is 11.1. The molecule has 10 nitrogen and oxygen atoms in total. The van der Waals surface area contributed by atoms with Crippen LogP contribution in [-0.2, 0) is 9.59 Å². The minimum absolute atomic E-state index is 0.178. The number of carbonyl (C=O) groups excluding carboxylic acids is 3. The molecule has 0 aliphatic heterocycles. The molecule has 0 spiro atoms. The molecular weight excluding hydrogens is 402 g/mol. The number of unbranched alkanes of at least 4 members (excludes halogenated alkanes) is 2. The van der Waals surface area contributed by atoms with Crippen molar-refractivity contribution in [2.75, 3.05) is 10.6 Å². The molecule has 5 N–H and O–H groups in total.